The van der Waals surface area contributed by atoms with Gasteiger partial charge in [-0.1, -0.05) is 13.8 Å². The van der Waals surface area contributed by atoms with Gasteiger partial charge in [-0.15, -0.1) is 0 Å². The molecule has 1 atom stereocenters. The molecule has 0 saturated heterocycles. The molecule has 1 aromatic heterocycles. The molecule has 4 nitrogen and oxygen atoms in total. The van der Waals surface area contributed by atoms with Crippen molar-refractivity contribution >= 4 is 5.91 Å². The summed E-state index contributed by atoms with van der Waals surface area (Å²) in [5.74, 6) is 2.08. The van der Waals surface area contributed by atoms with Crippen molar-refractivity contribution in [1.82, 2.24) is 5.32 Å². The quantitative estimate of drug-likeness (QED) is 0.814. The highest BCUT2D eigenvalue weighted by Gasteiger charge is 2.35. The molecule has 0 spiro atoms. The summed E-state index contributed by atoms with van der Waals surface area (Å²) < 4.78 is 5.78. The van der Waals surface area contributed by atoms with E-state index < -0.39 is 0 Å². The molecule has 20 heavy (non-hydrogen) atoms. The highest BCUT2D eigenvalue weighted by Crippen LogP contribution is 2.42. The molecule has 1 heterocycles. The van der Waals surface area contributed by atoms with Crippen LogP contribution in [0.4, 0.5) is 0 Å². The van der Waals surface area contributed by atoms with Gasteiger partial charge in [0.1, 0.15) is 11.5 Å². The lowest BCUT2D eigenvalue weighted by Gasteiger charge is -2.34. The van der Waals surface area contributed by atoms with Gasteiger partial charge in [0, 0.05) is 18.4 Å². The summed E-state index contributed by atoms with van der Waals surface area (Å²) in [6.07, 6.45) is 4.22. The second-order valence-corrected chi connectivity index (χ2v) is 6.65. The van der Waals surface area contributed by atoms with Gasteiger partial charge in [-0.2, -0.15) is 0 Å². The second-order valence-electron chi connectivity index (χ2n) is 6.65. The number of unbranched alkanes of at least 4 members (excludes halogenated alkanes) is 1. The van der Waals surface area contributed by atoms with Crippen molar-refractivity contribution in [3.05, 3.63) is 23.2 Å². The number of nitrogens with two attached hydrogens (primary N) is 1. The molecular weight excluding hydrogens is 252 g/mol. The first-order valence-electron chi connectivity index (χ1n) is 7.50. The smallest absolute Gasteiger partial charge is 0.220 e. The number of carbonyl (C=O) groups is 1. The zero-order chi connectivity index (χ0) is 14.8. The van der Waals surface area contributed by atoms with Crippen LogP contribution in [-0.4, -0.2) is 12.5 Å². The Morgan fingerprint density at radius 3 is 2.95 bits per heavy atom. The minimum atomic E-state index is 0.0802. The van der Waals surface area contributed by atoms with Gasteiger partial charge in [0.25, 0.3) is 0 Å². The summed E-state index contributed by atoms with van der Waals surface area (Å²) in [5.41, 5.74) is 6.78. The molecule has 0 bridgehead atoms. The standard InChI is InChI=1S/C16H26N2O2/c1-11-8-12-13(18-15(19)6-4-5-7-17)9-16(2,3)10-14(12)20-11/h8,13H,4-7,9-10,17H2,1-3H3,(H,18,19). The third-order valence-electron chi connectivity index (χ3n) is 3.93. The van der Waals surface area contributed by atoms with E-state index in [1.54, 1.807) is 0 Å². The van der Waals surface area contributed by atoms with E-state index in [0.717, 1.165) is 42.8 Å². The third-order valence-corrected chi connectivity index (χ3v) is 3.93. The molecule has 1 unspecified atom stereocenters. The molecule has 0 aromatic carbocycles. The van der Waals surface area contributed by atoms with Gasteiger partial charge in [0.05, 0.1) is 6.04 Å². The van der Waals surface area contributed by atoms with Crippen LogP contribution in [0.25, 0.3) is 0 Å². The van der Waals surface area contributed by atoms with Crippen LogP contribution in [0, 0.1) is 12.3 Å². The number of aryl methyl sites for hydroxylation is 1. The van der Waals surface area contributed by atoms with Gasteiger partial charge >= 0.3 is 0 Å². The summed E-state index contributed by atoms with van der Waals surface area (Å²) in [6.45, 7) is 7.06. The largest absolute Gasteiger partial charge is 0.466 e. The van der Waals surface area contributed by atoms with Crippen LogP contribution >= 0.6 is 0 Å². The molecule has 112 valence electrons. The number of carbonyl (C=O) groups excluding carboxylic acids is 1. The Morgan fingerprint density at radius 1 is 1.50 bits per heavy atom. The number of furan rings is 1. The summed E-state index contributed by atoms with van der Waals surface area (Å²) in [5, 5.41) is 3.16. The van der Waals surface area contributed by atoms with E-state index >= 15 is 0 Å². The summed E-state index contributed by atoms with van der Waals surface area (Å²) in [6, 6.07) is 2.15. The van der Waals surface area contributed by atoms with E-state index in [9.17, 15) is 4.79 Å². The van der Waals surface area contributed by atoms with Gasteiger partial charge in [-0.25, -0.2) is 0 Å². The Bertz CT molecular complexity index is 477. The van der Waals surface area contributed by atoms with Crippen LogP contribution in [0.5, 0.6) is 0 Å². The van der Waals surface area contributed by atoms with E-state index in [2.05, 4.69) is 25.2 Å². The summed E-state index contributed by atoms with van der Waals surface area (Å²) in [4.78, 5) is 12.0. The van der Waals surface area contributed by atoms with Crippen molar-refractivity contribution in [2.75, 3.05) is 6.54 Å². The zero-order valence-corrected chi connectivity index (χ0v) is 12.8. The van der Waals surface area contributed by atoms with Crippen molar-refractivity contribution in [2.45, 2.75) is 58.9 Å². The van der Waals surface area contributed by atoms with Crippen LogP contribution < -0.4 is 11.1 Å². The van der Waals surface area contributed by atoms with Crippen LogP contribution in [0.1, 0.15) is 62.7 Å². The van der Waals surface area contributed by atoms with E-state index in [1.807, 2.05) is 6.92 Å². The highest BCUT2D eigenvalue weighted by molar-refractivity contribution is 5.76. The molecule has 2 rings (SSSR count). The molecule has 3 N–H and O–H groups in total. The minimum absolute atomic E-state index is 0.0802. The number of rotatable bonds is 5. The van der Waals surface area contributed by atoms with Gasteiger partial charge in [-0.3, -0.25) is 4.79 Å². The molecule has 1 amide bonds. The van der Waals surface area contributed by atoms with Gasteiger partial charge < -0.3 is 15.5 Å². The molecule has 0 fully saturated rings. The SMILES string of the molecule is Cc1cc2c(o1)CC(C)(C)CC2NC(=O)CCCCN. The average molecular weight is 278 g/mol. The lowest BCUT2D eigenvalue weighted by atomic mass is 9.74. The van der Waals surface area contributed by atoms with E-state index in [4.69, 9.17) is 10.2 Å². The maximum atomic E-state index is 12.0. The van der Waals surface area contributed by atoms with Crippen LogP contribution in [0.2, 0.25) is 0 Å². The minimum Gasteiger partial charge on any atom is -0.466 e. The molecule has 0 saturated carbocycles. The number of hydrogen-bond acceptors (Lipinski definition) is 3. The summed E-state index contributed by atoms with van der Waals surface area (Å²) >= 11 is 0. The van der Waals surface area contributed by atoms with Crippen molar-refractivity contribution in [2.24, 2.45) is 11.1 Å². The lowest BCUT2D eigenvalue weighted by molar-refractivity contribution is -0.122. The van der Waals surface area contributed by atoms with E-state index in [1.165, 1.54) is 0 Å². The second kappa shape index (κ2) is 6.00. The first-order valence-corrected chi connectivity index (χ1v) is 7.50. The average Bonchev–Trinajstić information content (AvgIpc) is 2.68. The van der Waals surface area contributed by atoms with Crippen LogP contribution in [0.15, 0.2) is 10.5 Å². The predicted molar refractivity (Wildman–Crippen MR) is 79.3 cm³/mol. The number of fused-ring (bicyclic) bond motifs is 1. The first kappa shape index (κ1) is 15.1. The normalized spacial score (nSPS) is 20.5. The van der Waals surface area contributed by atoms with Crippen molar-refractivity contribution in [3.8, 4) is 0 Å². The van der Waals surface area contributed by atoms with Crippen molar-refractivity contribution in [3.63, 3.8) is 0 Å². The topological polar surface area (TPSA) is 68.3 Å². The first-order chi connectivity index (χ1) is 9.41. The highest BCUT2D eigenvalue weighted by atomic mass is 16.3. The lowest BCUT2D eigenvalue weighted by Crippen LogP contribution is -2.35. The molecule has 4 heteroatoms. The third kappa shape index (κ3) is 3.63. The number of nitrogens with one attached hydrogen (secondary N) is 1. The van der Waals surface area contributed by atoms with Crippen molar-refractivity contribution in [1.29, 1.82) is 0 Å². The molecule has 1 aliphatic carbocycles. The fourth-order valence-electron chi connectivity index (χ4n) is 3.01. The fourth-order valence-corrected chi connectivity index (χ4v) is 3.01. The molecular formula is C16H26N2O2. The maximum absolute atomic E-state index is 12.0. The van der Waals surface area contributed by atoms with Crippen LogP contribution in [0.3, 0.4) is 0 Å². The number of hydrogen-bond donors (Lipinski definition) is 2. The van der Waals surface area contributed by atoms with Gasteiger partial charge in [0.15, 0.2) is 0 Å². The molecule has 0 radical (unpaired) electrons. The zero-order valence-electron chi connectivity index (χ0n) is 12.8. The number of amides is 1. The van der Waals surface area contributed by atoms with Gasteiger partial charge in [0.2, 0.25) is 5.91 Å². The Morgan fingerprint density at radius 2 is 2.25 bits per heavy atom. The Labute approximate surface area is 121 Å². The van der Waals surface area contributed by atoms with E-state index in [0.29, 0.717) is 13.0 Å². The van der Waals surface area contributed by atoms with Crippen LogP contribution in [-0.2, 0) is 11.2 Å². The Kier molecular flexibility index (Phi) is 4.53. The van der Waals surface area contributed by atoms with Gasteiger partial charge in [-0.05, 0) is 44.2 Å². The summed E-state index contributed by atoms with van der Waals surface area (Å²) in [7, 11) is 0. The van der Waals surface area contributed by atoms with E-state index in [-0.39, 0.29) is 17.4 Å². The molecule has 1 aromatic rings. The Balaban J connectivity index is 2.05. The molecule has 1 aliphatic rings. The maximum Gasteiger partial charge on any atom is 0.220 e. The Hall–Kier alpha value is -1.29. The predicted octanol–water partition coefficient (Wildman–Crippen LogP) is 2.85. The molecule has 0 aliphatic heterocycles. The van der Waals surface area contributed by atoms with Crippen molar-refractivity contribution < 1.29 is 9.21 Å². The fraction of sp³-hybridized carbons (Fsp3) is 0.688. The monoisotopic (exact) mass is 278 g/mol.